The summed E-state index contributed by atoms with van der Waals surface area (Å²) < 4.78 is 41.7. The van der Waals surface area contributed by atoms with Gasteiger partial charge in [0.1, 0.15) is 13.2 Å². The van der Waals surface area contributed by atoms with E-state index in [4.69, 9.17) is 9.47 Å². The molecule has 0 spiro atoms. The SMILES string of the molecule is O=C(N[C@@H](Cc1ccc2c(c1)OCCO2)CN1CCCC1)C(F)(F)Cc1cccc(-c2ccccn2)c1. The van der Waals surface area contributed by atoms with Crippen LogP contribution in [-0.2, 0) is 17.6 Å². The smallest absolute Gasteiger partial charge is 0.328 e. The molecular formula is C29H31F2N3O3. The number of hydrogen-bond donors (Lipinski definition) is 1. The van der Waals surface area contributed by atoms with E-state index in [-0.39, 0.29) is 0 Å². The minimum atomic E-state index is -3.56. The Morgan fingerprint density at radius 1 is 0.973 bits per heavy atom. The van der Waals surface area contributed by atoms with Gasteiger partial charge in [0.15, 0.2) is 11.5 Å². The molecule has 1 aromatic heterocycles. The molecule has 1 amide bonds. The molecule has 0 aliphatic carbocycles. The van der Waals surface area contributed by atoms with Gasteiger partial charge in [-0.3, -0.25) is 9.78 Å². The van der Waals surface area contributed by atoms with Crippen LogP contribution in [0.5, 0.6) is 11.5 Å². The Hall–Kier alpha value is -3.52. The van der Waals surface area contributed by atoms with Crippen molar-refractivity contribution in [3.05, 3.63) is 78.0 Å². The molecule has 0 radical (unpaired) electrons. The van der Waals surface area contributed by atoms with Crippen molar-refractivity contribution in [2.45, 2.75) is 37.6 Å². The molecule has 0 unspecified atom stereocenters. The molecule has 3 aromatic rings. The molecule has 1 fully saturated rings. The number of likely N-dealkylation sites (tertiary alicyclic amines) is 1. The Labute approximate surface area is 215 Å². The van der Waals surface area contributed by atoms with Gasteiger partial charge in [0.25, 0.3) is 5.91 Å². The monoisotopic (exact) mass is 507 g/mol. The van der Waals surface area contributed by atoms with E-state index in [2.05, 4.69) is 15.2 Å². The van der Waals surface area contributed by atoms with Gasteiger partial charge in [0.2, 0.25) is 0 Å². The lowest BCUT2D eigenvalue weighted by atomic mass is 10.0. The van der Waals surface area contributed by atoms with Gasteiger partial charge in [-0.15, -0.1) is 0 Å². The van der Waals surface area contributed by atoms with Crippen molar-refractivity contribution >= 4 is 5.91 Å². The van der Waals surface area contributed by atoms with E-state index in [0.717, 1.165) is 37.1 Å². The van der Waals surface area contributed by atoms with Gasteiger partial charge < -0.3 is 19.7 Å². The van der Waals surface area contributed by atoms with Crippen molar-refractivity contribution in [1.29, 1.82) is 0 Å². The van der Waals surface area contributed by atoms with Gasteiger partial charge >= 0.3 is 5.92 Å². The van der Waals surface area contributed by atoms with Gasteiger partial charge in [-0.05, 0) is 73.8 Å². The van der Waals surface area contributed by atoms with Crippen LogP contribution >= 0.6 is 0 Å². The number of benzene rings is 2. The van der Waals surface area contributed by atoms with Crippen molar-refractivity contribution in [2.24, 2.45) is 0 Å². The Balaban J connectivity index is 1.29. The van der Waals surface area contributed by atoms with Crippen LogP contribution in [0.1, 0.15) is 24.0 Å². The number of fused-ring (bicyclic) bond motifs is 1. The molecule has 5 rings (SSSR count). The molecule has 6 nitrogen and oxygen atoms in total. The quantitative estimate of drug-likeness (QED) is 0.462. The lowest BCUT2D eigenvalue weighted by Gasteiger charge is -2.27. The van der Waals surface area contributed by atoms with Gasteiger partial charge in [-0.1, -0.05) is 30.3 Å². The van der Waals surface area contributed by atoms with Crippen molar-refractivity contribution in [1.82, 2.24) is 15.2 Å². The van der Waals surface area contributed by atoms with Gasteiger partial charge in [0.05, 0.1) is 5.69 Å². The number of halogens is 2. The first-order valence-electron chi connectivity index (χ1n) is 12.8. The van der Waals surface area contributed by atoms with E-state index < -0.39 is 24.3 Å². The van der Waals surface area contributed by atoms with E-state index in [1.54, 1.807) is 30.5 Å². The number of nitrogens with one attached hydrogen (secondary N) is 1. The van der Waals surface area contributed by atoms with E-state index >= 15 is 8.78 Å². The number of ether oxygens (including phenoxy) is 2. The summed E-state index contributed by atoms with van der Waals surface area (Å²) in [6, 6.07) is 17.4. The molecule has 2 aliphatic heterocycles. The first-order valence-corrected chi connectivity index (χ1v) is 12.8. The van der Waals surface area contributed by atoms with Crippen molar-refractivity contribution in [2.75, 3.05) is 32.8 Å². The molecule has 1 N–H and O–H groups in total. The second kappa shape index (κ2) is 11.3. The number of amides is 1. The summed E-state index contributed by atoms with van der Waals surface area (Å²) in [4.78, 5) is 19.4. The maximum absolute atomic E-state index is 15.2. The summed E-state index contributed by atoms with van der Waals surface area (Å²) in [5.74, 6) is -3.49. The standard InChI is InChI=1S/C29H31F2N3O3/c30-29(31,19-22-6-5-7-23(16-22)25-8-1-2-11-32-25)28(35)33-24(20-34-12-3-4-13-34)17-21-9-10-26-27(18-21)37-15-14-36-26/h1-2,5-11,16,18,24H,3-4,12-15,17,19-20H2,(H,33,35)/t24-/m0/s1. The van der Waals surface area contributed by atoms with Crippen LogP contribution in [0.25, 0.3) is 11.3 Å². The van der Waals surface area contributed by atoms with Crippen LogP contribution < -0.4 is 14.8 Å². The topological polar surface area (TPSA) is 63.7 Å². The molecule has 1 atom stereocenters. The lowest BCUT2D eigenvalue weighted by Crippen LogP contribution is -2.50. The minimum Gasteiger partial charge on any atom is -0.486 e. The molecule has 0 saturated carbocycles. The highest BCUT2D eigenvalue weighted by Crippen LogP contribution is 2.31. The number of carbonyl (C=O) groups is 1. The molecule has 37 heavy (non-hydrogen) atoms. The summed E-state index contributed by atoms with van der Waals surface area (Å²) >= 11 is 0. The average Bonchev–Trinajstić information content (AvgIpc) is 3.42. The third kappa shape index (κ3) is 6.43. The zero-order valence-electron chi connectivity index (χ0n) is 20.7. The Morgan fingerprint density at radius 2 is 1.78 bits per heavy atom. The average molecular weight is 508 g/mol. The van der Waals surface area contributed by atoms with E-state index in [0.29, 0.717) is 48.9 Å². The Morgan fingerprint density at radius 3 is 2.57 bits per heavy atom. The summed E-state index contributed by atoms with van der Waals surface area (Å²) in [6.07, 6.45) is 3.55. The fourth-order valence-electron chi connectivity index (χ4n) is 4.94. The Kier molecular flexibility index (Phi) is 7.65. The van der Waals surface area contributed by atoms with Crippen LogP contribution in [0.3, 0.4) is 0 Å². The van der Waals surface area contributed by atoms with E-state index in [1.165, 1.54) is 0 Å². The fourth-order valence-corrected chi connectivity index (χ4v) is 4.94. The van der Waals surface area contributed by atoms with Crippen LogP contribution in [0.2, 0.25) is 0 Å². The van der Waals surface area contributed by atoms with Crippen LogP contribution in [0.15, 0.2) is 66.9 Å². The zero-order valence-corrected chi connectivity index (χ0v) is 20.7. The third-order valence-electron chi connectivity index (χ3n) is 6.75. The summed E-state index contributed by atoms with van der Waals surface area (Å²) in [5, 5.41) is 2.66. The maximum atomic E-state index is 15.2. The molecule has 2 aliphatic rings. The molecular weight excluding hydrogens is 476 g/mol. The van der Waals surface area contributed by atoms with Crippen LogP contribution in [0.4, 0.5) is 8.78 Å². The molecule has 1 saturated heterocycles. The molecule has 3 heterocycles. The maximum Gasteiger partial charge on any atom is 0.328 e. The van der Waals surface area contributed by atoms with Crippen LogP contribution in [-0.4, -0.2) is 60.6 Å². The van der Waals surface area contributed by atoms with Crippen molar-refractivity contribution in [3.8, 4) is 22.8 Å². The van der Waals surface area contributed by atoms with Gasteiger partial charge in [-0.2, -0.15) is 8.78 Å². The minimum absolute atomic E-state index is 0.381. The molecule has 194 valence electrons. The number of rotatable bonds is 9. The van der Waals surface area contributed by atoms with Crippen molar-refractivity contribution in [3.63, 3.8) is 0 Å². The second-order valence-corrected chi connectivity index (χ2v) is 9.66. The van der Waals surface area contributed by atoms with E-state index in [1.807, 2.05) is 36.4 Å². The Bertz CT molecular complexity index is 1220. The normalized spacial score (nSPS) is 16.4. The summed E-state index contributed by atoms with van der Waals surface area (Å²) in [5.41, 5.74) is 2.72. The van der Waals surface area contributed by atoms with Gasteiger partial charge in [-0.25, -0.2) is 0 Å². The highest BCUT2D eigenvalue weighted by molar-refractivity contribution is 5.84. The molecule has 8 heteroatoms. The first-order chi connectivity index (χ1) is 18.0. The largest absolute Gasteiger partial charge is 0.486 e. The van der Waals surface area contributed by atoms with Crippen molar-refractivity contribution < 1.29 is 23.0 Å². The number of carbonyl (C=O) groups excluding carboxylic acids is 1. The summed E-state index contributed by atoms with van der Waals surface area (Å²) in [7, 11) is 0. The number of aromatic nitrogens is 1. The predicted molar refractivity (Wildman–Crippen MR) is 137 cm³/mol. The predicted octanol–water partition coefficient (Wildman–Crippen LogP) is 4.52. The van der Waals surface area contributed by atoms with Crippen LogP contribution in [0, 0.1) is 0 Å². The molecule has 2 aromatic carbocycles. The lowest BCUT2D eigenvalue weighted by molar-refractivity contribution is -0.146. The number of alkyl halides is 2. The second-order valence-electron chi connectivity index (χ2n) is 9.66. The fraction of sp³-hybridized carbons (Fsp3) is 0.379. The number of pyridine rings is 1. The van der Waals surface area contributed by atoms with Gasteiger partial charge in [0, 0.05) is 30.8 Å². The third-order valence-corrected chi connectivity index (χ3v) is 6.75. The van der Waals surface area contributed by atoms with E-state index in [9.17, 15) is 4.79 Å². The first kappa shape index (κ1) is 25.1. The highest BCUT2D eigenvalue weighted by Gasteiger charge is 2.40. The summed E-state index contributed by atoms with van der Waals surface area (Å²) in [6.45, 7) is 3.30. The highest BCUT2D eigenvalue weighted by atomic mass is 19.3. The number of nitrogens with zero attached hydrogens (tertiary/aromatic N) is 2. The number of hydrogen-bond acceptors (Lipinski definition) is 5. The molecule has 0 bridgehead atoms. The zero-order chi connectivity index (χ0) is 25.7.